The molecule has 0 bridgehead atoms. The summed E-state index contributed by atoms with van der Waals surface area (Å²) in [5.41, 5.74) is 4.26. The number of likely N-dealkylation sites (N-methyl/N-ethyl adjacent to an activating group) is 1. The SMILES string of the molecule is CCc1cccc2c1N(C)C1CCCCC1N2. The standard InChI is InChI=1S/C15H22N2/c1-3-11-7-6-9-13-15(11)17(2)14-10-5-4-8-12(14)16-13/h6-7,9,12,14,16H,3-5,8,10H2,1-2H3. The van der Waals surface area contributed by atoms with Gasteiger partial charge in [-0.25, -0.2) is 0 Å². The first-order valence-electron chi connectivity index (χ1n) is 6.92. The van der Waals surface area contributed by atoms with Crippen LogP contribution in [0.15, 0.2) is 18.2 Å². The van der Waals surface area contributed by atoms with E-state index in [0.717, 1.165) is 6.42 Å². The normalized spacial score (nSPS) is 27.1. The fourth-order valence-corrected chi connectivity index (χ4v) is 3.52. The first kappa shape index (κ1) is 10.9. The lowest BCUT2D eigenvalue weighted by molar-refractivity contribution is 0.384. The van der Waals surface area contributed by atoms with Gasteiger partial charge in [-0.15, -0.1) is 0 Å². The summed E-state index contributed by atoms with van der Waals surface area (Å²) in [5.74, 6) is 0. The van der Waals surface area contributed by atoms with Crippen molar-refractivity contribution in [1.82, 2.24) is 0 Å². The van der Waals surface area contributed by atoms with Crippen molar-refractivity contribution in [1.29, 1.82) is 0 Å². The second-order valence-corrected chi connectivity index (χ2v) is 5.38. The Balaban J connectivity index is 2.03. The van der Waals surface area contributed by atoms with Crippen molar-refractivity contribution in [2.24, 2.45) is 0 Å². The van der Waals surface area contributed by atoms with Crippen molar-refractivity contribution in [2.75, 3.05) is 17.3 Å². The van der Waals surface area contributed by atoms with Gasteiger partial charge >= 0.3 is 0 Å². The van der Waals surface area contributed by atoms with Gasteiger partial charge in [0, 0.05) is 19.1 Å². The molecule has 0 saturated heterocycles. The van der Waals surface area contributed by atoms with Gasteiger partial charge in [0.15, 0.2) is 0 Å². The van der Waals surface area contributed by atoms with Crippen LogP contribution in [-0.2, 0) is 6.42 Å². The van der Waals surface area contributed by atoms with Gasteiger partial charge in [-0.2, -0.15) is 0 Å². The number of aryl methyl sites for hydroxylation is 1. The van der Waals surface area contributed by atoms with Gasteiger partial charge in [-0.3, -0.25) is 0 Å². The minimum atomic E-state index is 0.661. The van der Waals surface area contributed by atoms with Crippen LogP contribution in [0.2, 0.25) is 0 Å². The average Bonchev–Trinajstić information content (AvgIpc) is 2.38. The highest BCUT2D eigenvalue weighted by Gasteiger charge is 2.34. The van der Waals surface area contributed by atoms with Crippen molar-refractivity contribution >= 4 is 11.4 Å². The number of hydrogen-bond acceptors (Lipinski definition) is 2. The molecule has 2 unspecified atom stereocenters. The maximum Gasteiger partial charge on any atom is 0.0635 e. The molecule has 1 N–H and O–H groups in total. The lowest BCUT2D eigenvalue weighted by Gasteiger charge is -2.46. The van der Waals surface area contributed by atoms with E-state index >= 15 is 0 Å². The van der Waals surface area contributed by atoms with Crippen LogP contribution in [-0.4, -0.2) is 19.1 Å². The number of anilines is 2. The van der Waals surface area contributed by atoms with E-state index in [2.05, 4.69) is 42.4 Å². The summed E-state index contributed by atoms with van der Waals surface area (Å²) < 4.78 is 0. The van der Waals surface area contributed by atoms with E-state index < -0.39 is 0 Å². The van der Waals surface area contributed by atoms with E-state index in [9.17, 15) is 0 Å². The quantitative estimate of drug-likeness (QED) is 0.795. The molecule has 2 nitrogen and oxygen atoms in total. The molecule has 2 aliphatic rings. The fourth-order valence-electron chi connectivity index (χ4n) is 3.52. The second-order valence-electron chi connectivity index (χ2n) is 5.38. The maximum atomic E-state index is 3.76. The molecule has 17 heavy (non-hydrogen) atoms. The smallest absolute Gasteiger partial charge is 0.0635 e. The van der Waals surface area contributed by atoms with Crippen molar-refractivity contribution in [3.8, 4) is 0 Å². The summed E-state index contributed by atoms with van der Waals surface area (Å²) >= 11 is 0. The topological polar surface area (TPSA) is 15.3 Å². The van der Waals surface area contributed by atoms with E-state index in [0.29, 0.717) is 12.1 Å². The number of hydrogen-bond donors (Lipinski definition) is 1. The Morgan fingerprint density at radius 2 is 2.12 bits per heavy atom. The zero-order chi connectivity index (χ0) is 11.8. The molecule has 1 saturated carbocycles. The minimum absolute atomic E-state index is 0.661. The van der Waals surface area contributed by atoms with Crippen LogP contribution in [0.5, 0.6) is 0 Å². The molecule has 1 aliphatic heterocycles. The number of nitrogens with one attached hydrogen (secondary N) is 1. The zero-order valence-corrected chi connectivity index (χ0v) is 10.9. The first-order chi connectivity index (χ1) is 8.31. The van der Waals surface area contributed by atoms with Gasteiger partial charge < -0.3 is 10.2 Å². The molecule has 1 heterocycles. The molecule has 1 aromatic carbocycles. The van der Waals surface area contributed by atoms with Crippen LogP contribution in [0, 0.1) is 0 Å². The van der Waals surface area contributed by atoms with Crippen LogP contribution in [0.25, 0.3) is 0 Å². The molecule has 2 atom stereocenters. The monoisotopic (exact) mass is 230 g/mol. The Morgan fingerprint density at radius 3 is 2.94 bits per heavy atom. The third-order valence-electron chi connectivity index (χ3n) is 4.42. The summed E-state index contributed by atoms with van der Waals surface area (Å²) in [5, 5.41) is 3.76. The fraction of sp³-hybridized carbons (Fsp3) is 0.600. The predicted molar refractivity (Wildman–Crippen MR) is 73.9 cm³/mol. The van der Waals surface area contributed by atoms with Crippen LogP contribution in [0.3, 0.4) is 0 Å². The van der Waals surface area contributed by atoms with Crippen LogP contribution < -0.4 is 10.2 Å². The molecule has 92 valence electrons. The van der Waals surface area contributed by atoms with Gasteiger partial charge in [0.2, 0.25) is 0 Å². The van der Waals surface area contributed by atoms with Crippen LogP contribution >= 0.6 is 0 Å². The molecule has 1 aliphatic carbocycles. The van der Waals surface area contributed by atoms with Crippen LogP contribution in [0.1, 0.15) is 38.2 Å². The highest BCUT2D eigenvalue weighted by atomic mass is 15.2. The maximum absolute atomic E-state index is 3.76. The Labute approximate surface area is 104 Å². The van der Waals surface area contributed by atoms with Gasteiger partial charge in [-0.1, -0.05) is 31.9 Å². The van der Waals surface area contributed by atoms with Gasteiger partial charge in [0.1, 0.15) is 0 Å². The molecule has 0 amide bonds. The number of benzene rings is 1. The molecule has 1 fully saturated rings. The lowest BCUT2D eigenvalue weighted by atomic mass is 9.86. The van der Waals surface area contributed by atoms with E-state index in [1.807, 2.05) is 0 Å². The van der Waals surface area contributed by atoms with E-state index in [1.54, 1.807) is 0 Å². The van der Waals surface area contributed by atoms with Crippen molar-refractivity contribution in [2.45, 2.75) is 51.1 Å². The number of para-hydroxylation sites is 1. The summed E-state index contributed by atoms with van der Waals surface area (Å²) in [6.07, 6.45) is 6.55. The summed E-state index contributed by atoms with van der Waals surface area (Å²) in [7, 11) is 2.28. The molecule has 1 aromatic rings. The van der Waals surface area contributed by atoms with Crippen LogP contribution in [0.4, 0.5) is 11.4 Å². The third kappa shape index (κ3) is 1.70. The second kappa shape index (κ2) is 4.25. The van der Waals surface area contributed by atoms with E-state index in [4.69, 9.17) is 0 Å². The molecule has 2 heteroatoms. The number of nitrogens with zero attached hydrogens (tertiary/aromatic N) is 1. The Bertz CT molecular complexity index is 413. The number of rotatable bonds is 1. The molecule has 0 spiro atoms. The molecule has 3 rings (SSSR count). The first-order valence-corrected chi connectivity index (χ1v) is 6.92. The predicted octanol–water partition coefficient (Wildman–Crippen LogP) is 3.42. The molecule has 0 radical (unpaired) electrons. The molecule has 0 aromatic heterocycles. The highest BCUT2D eigenvalue weighted by Crippen LogP contribution is 2.40. The van der Waals surface area contributed by atoms with Crippen molar-refractivity contribution in [3.63, 3.8) is 0 Å². The minimum Gasteiger partial charge on any atom is -0.379 e. The summed E-state index contributed by atoms with van der Waals surface area (Å²) in [6.45, 7) is 2.25. The summed E-state index contributed by atoms with van der Waals surface area (Å²) in [4.78, 5) is 2.54. The Kier molecular flexibility index (Phi) is 2.73. The number of fused-ring (bicyclic) bond motifs is 2. The Morgan fingerprint density at radius 1 is 1.29 bits per heavy atom. The summed E-state index contributed by atoms with van der Waals surface area (Å²) in [6, 6.07) is 8.04. The average molecular weight is 230 g/mol. The molecular formula is C15H22N2. The van der Waals surface area contributed by atoms with Gasteiger partial charge in [-0.05, 0) is 30.9 Å². The van der Waals surface area contributed by atoms with E-state index in [1.165, 1.54) is 42.6 Å². The van der Waals surface area contributed by atoms with Crippen molar-refractivity contribution in [3.05, 3.63) is 23.8 Å². The lowest BCUT2D eigenvalue weighted by Crippen LogP contribution is -2.51. The van der Waals surface area contributed by atoms with Crippen molar-refractivity contribution < 1.29 is 0 Å². The van der Waals surface area contributed by atoms with E-state index in [-0.39, 0.29) is 0 Å². The molecular weight excluding hydrogens is 208 g/mol. The largest absolute Gasteiger partial charge is 0.379 e. The Hall–Kier alpha value is -1.18. The third-order valence-corrected chi connectivity index (χ3v) is 4.42. The highest BCUT2D eigenvalue weighted by molar-refractivity contribution is 5.76. The van der Waals surface area contributed by atoms with Gasteiger partial charge in [0.25, 0.3) is 0 Å². The van der Waals surface area contributed by atoms with Gasteiger partial charge in [0.05, 0.1) is 11.4 Å². The zero-order valence-electron chi connectivity index (χ0n) is 10.9.